The van der Waals surface area contributed by atoms with Crippen molar-refractivity contribution in [3.8, 4) is 0 Å². The van der Waals surface area contributed by atoms with Crippen LogP contribution in [0.2, 0.25) is 0 Å². The molecule has 0 unspecified atom stereocenters. The van der Waals surface area contributed by atoms with Gasteiger partial charge in [-0.15, -0.1) is 0 Å². The zero-order chi connectivity index (χ0) is 10.9. The van der Waals surface area contributed by atoms with E-state index < -0.39 is 18.0 Å². The normalized spacial score (nSPS) is 14.1. The molecule has 1 atom stereocenters. The van der Waals surface area contributed by atoms with Crippen LogP contribution in [0.4, 0.5) is 17.6 Å². The Hall–Kier alpha value is -0.370. The Balaban J connectivity index is 3.03. The summed E-state index contributed by atoms with van der Waals surface area (Å²) in [6.07, 6.45) is -4.54. The van der Waals surface area contributed by atoms with Gasteiger partial charge in [-0.1, -0.05) is 6.07 Å². The zero-order valence-corrected chi connectivity index (χ0v) is 8.93. The van der Waals surface area contributed by atoms with Crippen LogP contribution in [0.1, 0.15) is 11.6 Å². The van der Waals surface area contributed by atoms with Gasteiger partial charge in [0, 0.05) is 3.57 Å². The minimum absolute atomic E-state index is 0.265. The van der Waals surface area contributed by atoms with Crippen molar-refractivity contribution in [1.29, 1.82) is 0 Å². The third-order valence-electron chi connectivity index (χ3n) is 1.66. The average Bonchev–Trinajstić information content (AvgIpc) is 2.07. The number of hydrogen-bond donors (Lipinski definition) is 1. The number of rotatable bonds is 1. The summed E-state index contributed by atoms with van der Waals surface area (Å²) in [6.45, 7) is 0. The summed E-state index contributed by atoms with van der Waals surface area (Å²) in [7, 11) is 0. The van der Waals surface area contributed by atoms with Crippen LogP contribution in [0.15, 0.2) is 18.2 Å². The average molecular weight is 319 g/mol. The summed E-state index contributed by atoms with van der Waals surface area (Å²) in [5, 5.41) is 0. The molecular formula is C8H6F4IN. The van der Waals surface area contributed by atoms with E-state index in [1.165, 1.54) is 12.1 Å². The maximum Gasteiger partial charge on any atom is 0.407 e. The molecule has 14 heavy (non-hydrogen) atoms. The molecule has 0 spiro atoms. The molecule has 2 N–H and O–H groups in total. The monoisotopic (exact) mass is 319 g/mol. The largest absolute Gasteiger partial charge is 0.407 e. The van der Waals surface area contributed by atoms with Crippen molar-refractivity contribution in [2.75, 3.05) is 0 Å². The minimum atomic E-state index is -4.54. The Morgan fingerprint density at radius 3 is 2.29 bits per heavy atom. The fourth-order valence-electron chi connectivity index (χ4n) is 0.895. The first-order valence-corrected chi connectivity index (χ1v) is 4.67. The van der Waals surface area contributed by atoms with Crippen molar-refractivity contribution in [3.05, 3.63) is 33.1 Å². The van der Waals surface area contributed by atoms with Crippen molar-refractivity contribution in [2.24, 2.45) is 5.73 Å². The van der Waals surface area contributed by atoms with Gasteiger partial charge in [0.05, 0.1) is 0 Å². The number of nitrogens with two attached hydrogens (primary N) is 1. The molecular weight excluding hydrogens is 313 g/mol. The molecule has 0 saturated carbocycles. The lowest BCUT2D eigenvalue weighted by Gasteiger charge is -2.15. The van der Waals surface area contributed by atoms with Crippen LogP contribution in [0.25, 0.3) is 0 Å². The van der Waals surface area contributed by atoms with Gasteiger partial charge in [0.1, 0.15) is 11.9 Å². The molecule has 0 aliphatic carbocycles. The van der Waals surface area contributed by atoms with Gasteiger partial charge in [0.15, 0.2) is 0 Å². The van der Waals surface area contributed by atoms with Crippen LogP contribution in [-0.2, 0) is 0 Å². The third-order valence-corrected chi connectivity index (χ3v) is 2.53. The van der Waals surface area contributed by atoms with Crippen LogP contribution in [0.3, 0.4) is 0 Å². The molecule has 0 heterocycles. The van der Waals surface area contributed by atoms with E-state index in [9.17, 15) is 17.6 Å². The molecule has 1 nitrogen and oxygen atoms in total. The molecule has 78 valence electrons. The summed E-state index contributed by atoms with van der Waals surface area (Å²) in [6, 6.07) is 1.11. The van der Waals surface area contributed by atoms with E-state index in [2.05, 4.69) is 0 Å². The van der Waals surface area contributed by atoms with Gasteiger partial charge in [-0.25, -0.2) is 4.39 Å². The number of alkyl halides is 3. The van der Waals surface area contributed by atoms with Crippen molar-refractivity contribution < 1.29 is 17.6 Å². The molecule has 1 aromatic rings. The van der Waals surface area contributed by atoms with Crippen molar-refractivity contribution in [2.45, 2.75) is 12.2 Å². The number of hydrogen-bond acceptors (Lipinski definition) is 1. The smallest absolute Gasteiger partial charge is 0.316 e. The maximum atomic E-state index is 12.9. The molecule has 1 rings (SSSR count). The van der Waals surface area contributed by atoms with Crippen molar-refractivity contribution in [1.82, 2.24) is 0 Å². The summed E-state index contributed by atoms with van der Waals surface area (Å²) in [5.74, 6) is -0.692. The van der Waals surface area contributed by atoms with E-state index in [1.807, 2.05) is 0 Å². The molecule has 0 aliphatic rings. The molecule has 0 bridgehead atoms. The Labute approximate surface area is 91.4 Å². The van der Waals surface area contributed by atoms with Crippen LogP contribution < -0.4 is 5.73 Å². The molecule has 0 amide bonds. The van der Waals surface area contributed by atoms with Gasteiger partial charge in [0.2, 0.25) is 0 Å². The Bertz CT molecular complexity index is 337. The van der Waals surface area contributed by atoms with Gasteiger partial charge >= 0.3 is 6.18 Å². The summed E-state index contributed by atoms with van der Waals surface area (Å²) >= 11 is 1.69. The molecule has 0 aliphatic heterocycles. The van der Waals surface area contributed by atoms with E-state index >= 15 is 0 Å². The Kier molecular flexibility index (Phi) is 3.36. The molecule has 6 heteroatoms. The van der Waals surface area contributed by atoms with Crippen LogP contribution in [0, 0.1) is 9.39 Å². The predicted molar refractivity (Wildman–Crippen MR) is 52.1 cm³/mol. The SMILES string of the molecule is N[C@H](c1ccc(I)c(F)c1)C(F)(F)F. The molecule has 0 aromatic heterocycles. The van der Waals surface area contributed by atoms with E-state index in [4.69, 9.17) is 5.73 Å². The topological polar surface area (TPSA) is 26.0 Å². The quantitative estimate of drug-likeness (QED) is 0.625. The standard InChI is InChI=1S/C8H6F4IN/c9-5-3-4(1-2-6(5)13)7(14)8(10,11)12/h1-3,7H,14H2/t7-/m1/s1. The van der Waals surface area contributed by atoms with E-state index in [-0.39, 0.29) is 9.13 Å². The lowest BCUT2D eigenvalue weighted by molar-refractivity contribution is -0.149. The third kappa shape index (κ3) is 2.57. The second-order valence-electron chi connectivity index (χ2n) is 2.69. The van der Waals surface area contributed by atoms with Crippen molar-refractivity contribution >= 4 is 22.6 Å². The van der Waals surface area contributed by atoms with Crippen molar-refractivity contribution in [3.63, 3.8) is 0 Å². The fourth-order valence-corrected chi connectivity index (χ4v) is 1.23. The Morgan fingerprint density at radius 1 is 1.29 bits per heavy atom. The molecule has 0 saturated heterocycles. The first kappa shape index (κ1) is 11.7. The Morgan fingerprint density at radius 2 is 1.86 bits per heavy atom. The van der Waals surface area contributed by atoms with Gasteiger partial charge < -0.3 is 5.73 Å². The number of benzene rings is 1. The minimum Gasteiger partial charge on any atom is -0.316 e. The second-order valence-corrected chi connectivity index (χ2v) is 3.86. The molecule has 0 fully saturated rings. The number of halogens is 5. The first-order chi connectivity index (χ1) is 6.32. The van der Waals surface area contributed by atoms with Crippen LogP contribution >= 0.6 is 22.6 Å². The highest BCUT2D eigenvalue weighted by atomic mass is 127. The van der Waals surface area contributed by atoms with Gasteiger partial charge in [-0.3, -0.25) is 0 Å². The summed E-state index contributed by atoms with van der Waals surface area (Å²) in [5.41, 5.74) is 4.63. The van der Waals surface area contributed by atoms with Gasteiger partial charge in [0.25, 0.3) is 0 Å². The van der Waals surface area contributed by atoms with Gasteiger partial charge in [-0.2, -0.15) is 13.2 Å². The zero-order valence-electron chi connectivity index (χ0n) is 6.78. The van der Waals surface area contributed by atoms with E-state index in [0.717, 1.165) is 6.07 Å². The molecule has 1 aromatic carbocycles. The maximum absolute atomic E-state index is 12.9. The predicted octanol–water partition coefficient (Wildman–Crippen LogP) is 2.99. The van der Waals surface area contributed by atoms with Crippen LogP contribution in [0.5, 0.6) is 0 Å². The highest BCUT2D eigenvalue weighted by Crippen LogP contribution is 2.31. The first-order valence-electron chi connectivity index (χ1n) is 3.59. The highest BCUT2D eigenvalue weighted by molar-refractivity contribution is 14.1. The van der Waals surface area contributed by atoms with Gasteiger partial charge in [-0.05, 0) is 40.3 Å². The highest BCUT2D eigenvalue weighted by Gasteiger charge is 2.37. The van der Waals surface area contributed by atoms with E-state index in [1.54, 1.807) is 22.6 Å². The summed E-state index contributed by atoms with van der Waals surface area (Å²) in [4.78, 5) is 0. The fraction of sp³-hybridized carbons (Fsp3) is 0.250. The van der Waals surface area contributed by atoms with E-state index in [0.29, 0.717) is 0 Å². The molecule has 0 radical (unpaired) electrons. The lowest BCUT2D eigenvalue weighted by Crippen LogP contribution is -2.28. The van der Waals surface area contributed by atoms with Crippen LogP contribution in [-0.4, -0.2) is 6.18 Å². The second kappa shape index (κ2) is 4.01. The lowest BCUT2D eigenvalue weighted by atomic mass is 10.1. The summed E-state index contributed by atoms with van der Waals surface area (Å²) < 4.78 is 49.5.